The van der Waals surface area contributed by atoms with Gasteiger partial charge in [0, 0.05) is 22.9 Å². The number of carbonyl (C=O) groups excluding carboxylic acids is 1. The van der Waals surface area contributed by atoms with Crippen LogP contribution < -0.4 is 11.1 Å². The van der Waals surface area contributed by atoms with Crippen molar-refractivity contribution < 1.29 is 4.79 Å². The monoisotopic (exact) mass is 369 g/mol. The van der Waals surface area contributed by atoms with E-state index in [1.54, 1.807) is 11.3 Å². The molecule has 0 aliphatic heterocycles. The van der Waals surface area contributed by atoms with Crippen LogP contribution in [0.5, 0.6) is 0 Å². The van der Waals surface area contributed by atoms with E-state index in [9.17, 15) is 4.79 Å². The molecule has 0 fully saturated rings. The second kappa shape index (κ2) is 9.71. The van der Waals surface area contributed by atoms with Gasteiger partial charge >= 0.3 is 0 Å². The van der Waals surface area contributed by atoms with Crippen molar-refractivity contribution in [1.29, 1.82) is 0 Å². The third-order valence-electron chi connectivity index (χ3n) is 3.58. The molecule has 1 heterocycles. The number of halogens is 2. The zero-order valence-electron chi connectivity index (χ0n) is 14.1. The van der Waals surface area contributed by atoms with E-state index in [1.807, 2.05) is 19.2 Å². The number of nitrogens with zero attached hydrogens (tertiary/aromatic N) is 1. The Labute approximate surface area is 150 Å². The molecule has 1 rings (SSSR count). The van der Waals surface area contributed by atoms with Gasteiger partial charge in [-0.05, 0) is 12.8 Å². The van der Waals surface area contributed by atoms with Crippen LogP contribution in [0.2, 0.25) is 0 Å². The quantitative estimate of drug-likeness (QED) is 0.806. The summed E-state index contributed by atoms with van der Waals surface area (Å²) in [5.74, 6) is -0.00696. The third-order valence-corrected chi connectivity index (χ3v) is 4.90. The van der Waals surface area contributed by atoms with Crippen molar-refractivity contribution in [2.45, 2.75) is 64.8 Å². The molecule has 0 saturated carbocycles. The number of amides is 1. The van der Waals surface area contributed by atoms with Gasteiger partial charge in [0.2, 0.25) is 5.91 Å². The molecule has 0 aliphatic carbocycles. The largest absolute Gasteiger partial charge is 0.354 e. The molecule has 0 spiro atoms. The van der Waals surface area contributed by atoms with E-state index in [-0.39, 0.29) is 41.7 Å². The molecule has 0 bridgehead atoms. The lowest BCUT2D eigenvalue weighted by molar-refractivity contribution is -0.120. The van der Waals surface area contributed by atoms with E-state index < -0.39 is 0 Å². The second-order valence-electron chi connectivity index (χ2n) is 6.42. The van der Waals surface area contributed by atoms with E-state index in [0.29, 0.717) is 13.0 Å². The van der Waals surface area contributed by atoms with Crippen LogP contribution in [0.25, 0.3) is 0 Å². The molecule has 1 amide bonds. The minimum Gasteiger partial charge on any atom is -0.354 e. The lowest BCUT2D eigenvalue weighted by Crippen LogP contribution is -2.49. The van der Waals surface area contributed by atoms with Crippen LogP contribution in [0.4, 0.5) is 0 Å². The molecule has 0 unspecified atom stereocenters. The fraction of sp³-hybridized carbons (Fsp3) is 0.733. The highest BCUT2D eigenvalue weighted by atomic mass is 35.5. The molecule has 130 valence electrons. The topological polar surface area (TPSA) is 68.0 Å². The van der Waals surface area contributed by atoms with Crippen molar-refractivity contribution in [2.75, 3.05) is 6.54 Å². The van der Waals surface area contributed by atoms with E-state index in [1.165, 1.54) is 0 Å². The molecule has 7 heteroatoms. The molecule has 0 aromatic carbocycles. The van der Waals surface area contributed by atoms with Crippen molar-refractivity contribution in [1.82, 2.24) is 10.3 Å². The number of hydrogen-bond acceptors (Lipinski definition) is 4. The summed E-state index contributed by atoms with van der Waals surface area (Å²) in [5, 5.41) is 5.96. The van der Waals surface area contributed by atoms with Crippen molar-refractivity contribution in [3.8, 4) is 0 Å². The maximum Gasteiger partial charge on any atom is 0.226 e. The Hall–Kier alpha value is -0.360. The molecule has 0 aliphatic rings. The fourth-order valence-electron chi connectivity index (χ4n) is 1.73. The van der Waals surface area contributed by atoms with Crippen LogP contribution in [-0.4, -0.2) is 23.0 Å². The number of carbonyl (C=O) groups is 1. The number of nitrogens with two attached hydrogens (primary N) is 1. The van der Waals surface area contributed by atoms with Gasteiger partial charge in [-0.25, -0.2) is 4.98 Å². The average molecular weight is 370 g/mol. The standard InChI is InChI=1S/C15H27N3OS.2ClH/c1-6-15(16,7-2)10-17-12(19)8-11-9-20-13(18-11)14(3,4)5;;/h9H,6-8,10,16H2,1-5H3,(H,17,19);2*1H. The summed E-state index contributed by atoms with van der Waals surface area (Å²) in [6.45, 7) is 11.0. The normalized spacial score (nSPS) is 11.4. The van der Waals surface area contributed by atoms with E-state index in [0.717, 1.165) is 23.5 Å². The summed E-state index contributed by atoms with van der Waals surface area (Å²) in [7, 11) is 0. The van der Waals surface area contributed by atoms with Gasteiger partial charge in [-0.2, -0.15) is 0 Å². The molecule has 22 heavy (non-hydrogen) atoms. The molecule has 1 aromatic rings. The van der Waals surface area contributed by atoms with Gasteiger partial charge in [-0.1, -0.05) is 34.6 Å². The van der Waals surface area contributed by atoms with Crippen molar-refractivity contribution in [2.24, 2.45) is 5.73 Å². The predicted octanol–water partition coefficient (Wildman–Crippen LogP) is 3.46. The molecule has 0 saturated heterocycles. The first kappa shape index (κ1) is 23.9. The zero-order chi connectivity index (χ0) is 15.4. The Morgan fingerprint density at radius 3 is 2.23 bits per heavy atom. The lowest BCUT2D eigenvalue weighted by atomic mass is 9.94. The molecular formula is C15H29Cl2N3OS. The molecule has 3 N–H and O–H groups in total. The Morgan fingerprint density at radius 2 is 1.82 bits per heavy atom. The number of aromatic nitrogens is 1. The van der Waals surface area contributed by atoms with Gasteiger partial charge in [-0.3, -0.25) is 4.79 Å². The minimum absolute atomic E-state index is 0. The summed E-state index contributed by atoms with van der Waals surface area (Å²) >= 11 is 1.62. The van der Waals surface area contributed by atoms with Gasteiger partial charge in [0.1, 0.15) is 0 Å². The van der Waals surface area contributed by atoms with Crippen molar-refractivity contribution in [3.63, 3.8) is 0 Å². The average Bonchev–Trinajstić information content (AvgIpc) is 2.84. The van der Waals surface area contributed by atoms with E-state index in [4.69, 9.17) is 5.73 Å². The van der Waals surface area contributed by atoms with Crippen LogP contribution in [-0.2, 0) is 16.6 Å². The highest BCUT2D eigenvalue weighted by Gasteiger charge is 2.22. The van der Waals surface area contributed by atoms with Crippen molar-refractivity contribution >= 4 is 42.1 Å². The Bertz CT molecular complexity index is 454. The SMILES string of the molecule is CCC(N)(CC)CNC(=O)Cc1csc(C(C)(C)C)n1.Cl.Cl. The van der Waals surface area contributed by atoms with Crippen LogP contribution in [0, 0.1) is 0 Å². The fourth-order valence-corrected chi connectivity index (χ4v) is 2.64. The second-order valence-corrected chi connectivity index (χ2v) is 7.28. The predicted molar refractivity (Wildman–Crippen MR) is 99.5 cm³/mol. The van der Waals surface area contributed by atoms with Gasteiger partial charge < -0.3 is 11.1 Å². The van der Waals surface area contributed by atoms with Gasteiger partial charge in [0.25, 0.3) is 0 Å². The maximum atomic E-state index is 11.9. The molecule has 0 radical (unpaired) electrons. The van der Waals surface area contributed by atoms with Gasteiger partial charge in [0.15, 0.2) is 0 Å². The number of rotatable bonds is 6. The minimum atomic E-state index is -0.297. The van der Waals surface area contributed by atoms with Crippen LogP contribution in [0.15, 0.2) is 5.38 Å². The maximum absolute atomic E-state index is 11.9. The Kier molecular flexibility index (Phi) is 10.5. The first-order valence-electron chi connectivity index (χ1n) is 7.20. The van der Waals surface area contributed by atoms with Crippen LogP contribution in [0.3, 0.4) is 0 Å². The number of hydrogen-bond donors (Lipinski definition) is 2. The Morgan fingerprint density at radius 1 is 1.27 bits per heavy atom. The van der Waals surface area contributed by atoms with Gasteiger partial charge in [-0.15, -0.1) is 36.2 Å². The first-order chi connectivity index (χ1) is 9.20. The summed E-state index contributed by atoms with van der Waals surface area (Å²) < 4.78 is 0. The van der Waals surface area contributed by atoms with Gasteiger partial charge in [0.05, 0.1) is 17.1 Å². The smallest absolute Gasteiger partial charge is 0.226 e. The van der Waals surface area contributed by atoms with Crippen LogP contribution >= 0.6 is 36.2 Å². The Balaban J connectivity index is 0. The number of nitrogens with one attached hydrogen (secondary N) is 1. The zero-order valence-corrected chi connectivity index (χ0v) is 16.5. The summed E-state index contributed by atoms with van der Waals surface area (Å²) in [6.07, 6.45) is 2.04. The van der Waals surface area contributed by atoms with Crippen LogP contribution in [0.1, 0.15) is 58.2 Å². The van der Waals surface area contributed by atoms with Crippen molar-refractivity contribution in [3.05, 3.63) is 16.1 Å². The third kappa shape index (κ3) is 7.27. The molecule has 4 nitrogen and oxygen atoms in total. The first-order valence-corrected chi connectivity index (χ1v) is 8.08. The number of thiazole rings is 1. The summed E-state index contributed by atoms with van der Waals surface area (Å²) in [6, 6.07) is 0. The lowest BCUT2D eigenvalue weighted by Gasteiger charge is -2.26. The summed E-state index contributed by atoms with van der Waals surface area (Å²) in [5.41, 5.74) is 6.75. The summed E-state index contributed by atoms with van der Waals surface area (Å²) in [4.78, 5) is 16.5. The highest BCUT2D eigenvalue weighted by molar-refractivity contribution is 7.09. The highest BCUT2D eigenvalue weighted by Crippen LogP contribution is 2.25. The van der Waals surface area contributed by atoms with E-state index >= 15 is 0 Å². The molecule has 1 aromatic heterocycles. The molecule has 0 atom stereocenters. The van der Waals surface area contributed by atoms with E-state index in [2.05, 4.69) is 31.1 Å². The molecular weight excluding hydrogens is 341 g/mol.